The van der Waals surface area contributed by atoms with Crippen LogP contribution in [0.2, 0.25) is 0 Å². The van der Waals surface area contributed by atoms with Crippen LogP contribution in [0.3, 0.4) is 0 Å². The zero-order valence-corrected chi connectivity index (χ0v) is 12.1. The van der Waals surface area contributed by atoms with Crippen LogP contribution >= 0.6 is 0 Å². The van der Waals surface area contributed by atoms with Crippen molar-refractivity contribution in [3.63, 3.8) is 0 Å². The van der Waals surface area contributed by atoms with Gasteiger partial charge in [-0.3, -0.25) is 9.59 Å². The maximum absolute atomic E-state index is 12.6. The number of carbonyl (C=O) groups is 2. The number of piperazine rings is 1. The van der Waals surface area contributed by atoms with Crippen molar-refractivity contribution in [3.8, 4) is 0 Å². The van der Waals surface area contributed by atoms with Gasteiger partial charge in [-0.15, -0.1) is 0 Å². The van der Waals surface area contributed by atoms with Crippen LogP contribution in [0.5, 0.6) is 0 Å². The van der Waals surface area contributed by atoms with Gasteiger partial charge in [0.25, 0.3) is 0 Å². The van der Waals surface area contributed by atoms with Gasteiger partial charge in [-0.05, 0) is 25.3 Å². The predicted molar refractivity (Wildman–Crippen MR) is 77.5 cm³/mol. The third kappa shape index (κ3) is 2.65. The molecule has 1 N–H and O–H groups in total. The van der Waals surface area contributed by atoms with Crippen LogP contribution in [-0.2, 0) is 14.3 Å². The number of rotatable bonds is 2. The Kier molecular flexibility index (Phi) is 3.92. The first-order chi connectivity index (χ1) is 10.2. The van der Waals surface area contributed by atoms with Crippen LogP contribution in [0.25, 0.3) is 0 Å². The molecule has 0 bridgehead atoms. The highest BCUT2D eigenvalue weighted by Gasteiger charge is 2.43. The number of hydrogen-bond acceptors (Lipinski definition) is 3. The number of nitrogens with one attached hydrogen (secondary N) is 1. The summed E-state index contributed by atoms with van der Waals surface area (Å²) < 4.78 is 5.51. The molecule has 3 rings (SSSR count). The smallest absolute Gasteiger partial charge is 0.248 e. The minimum Gasteiger partial charge on any atom is -0.379 e. The number of carbonyl (C=O) groups excluding carboxylic acids is 2. The molecule has 1 aromatic carbocycles. The number of nitrogens with zero attached hydrogens (tertiary/aromatic N) is 1. The fourth-order valence-corrected chi connectivity index (χ4v) is 3.11. The van der Waals surface area contributed by atoms with E-state index >= 15 is 0 Å². The van der Waals surface area contributed by atoms with Crippen molar-refractivity contribution in [1.29, 1.82) is 0 Å². The molecule has 0 aliphatic carbocycles. The molecule has 0 radical (unpaired) electrons. The largest absolute Gasteiger partial charge is 0.379 e. The molecule has 2 saturated heterocycles. The molecule has 3 unspecified atom stereocenters. The fraction of sp³-hybridized carbons (Fsp3) is 0.500. The molecular formula is C16H20N2O3. The van der Waals surface area contributed by atoms with Gasteiger partial charge in [-0.25, -0.2) is 0 Å². The van der Waals surface area contributed by atoms with Crippen molar-refractivity contribution in [1.82, 2.24) is 10.2 Å². The van der Waals surface area contributed by atoms with Gasteiger partial charge in [0.2, 0.25) is 11.8 Å². The van der Waals surface area contributed by atoms with Crippen LogP contribution in [-0.4, -0.2) is 42.0 Å². The molecule has 2 fully saturated rings. The van der Waals surface area contributed by atoms with Gasteiger partial charge < -0.3 is 15.0 Å². The van der Waals surface area contributed by atoms with E-state index in [0.717, 1.165) is 25.0 Å². The Balaban J connectivity index is 1.96. The molecule has 0 aromatic heterocycles. The highest BCUT2D eigenvalue weighted by atomic mass is 16.5. The number of ether oxygens (including phenoxy) is 1. The van der Waals surface area contributed by atoms with Crippen molar-refractivity contribution >= 4 is 11.8 Å². The second-order valence-corrected chi connectivity index (χ2v) is 5.66. The van der Waals surface area contributed by atoms with Crippen molar-refractivity contribution < 1.29 is 14.3 Å². The lowest BCUT2D eigenvalue weighted by atomic mass is 9.96. The van der Waals surface area contributed by atoms with E-state index in [1.807, 2.05) is 30.3 Å². The summed E-state index contributed by atoms with van der Waals surface area (Å²) in [6.45, 7) is 2.98. The standard InChI is InChI=1S/C16H20N2O3/c1-11-16(20)18(13-8-5-9-21-10-13)14(15(19)17-11)12-6-3-2-4-7-12/h2-4,6-7,11,13-14H,5,8-10H2,1H3,(H,17,19). The molecule has 0 saturated carbocycles. The Morgan fingerprint density at radius 3 is 2.67 bits per heavy atom. The predicted octanol–water partition coefficient (Wildman–Crippen LogP) is 1.25. The molecule has 2 amide bonds. The quantitative estimate of drug-likeness (QED) is 0.891. The summed E-state index contributed by atoms with van der Waals surface area (Å²) >= 11 is 0. The number of amides is 2. The maximum atomic E-state index is 12.6. The van der Waals surface area contributed by atoms with E-state index in [-0.39, 0.29) is 17.9 Å². The lowest BCUT2D eigenvalue weighted by Gasteiger charge is -2.43. The second kappa shape index (κ2) is 5.85. The number of hydrogen-bond donors (Lipinski definition) is 1. The van der Waals surface area contributed by atoms with Gasteiger partial charge in [0.05, 0.1) is 12.6 Å². The van der Waals surface area contributed by atoms with Crippen LogP contribution < -0.4 is 5.32 Å². The van der Waals surface area contributed by atoms with E-state index in [1.165, 1.54) is 0 Å². The van der Waals surface area contributed by atoms with Gasteiger partial charge in [0, 0.05) is 6.61 Å². The second-order valence-electron chi connectivity index (χ2n) is 5.66. The summed E-state index contributed by atoms with van der Waals surface area (Å²) in [5, 5.41) is 2.78. The summed E-state index contributed by atoms with van der Waals surface area (Å²) in [6.07, 6.45) is 1.81. The Morgan fingerprint density at radius 2 is 2.00 bits per heavy atom. The normalized spacial score (nSPS) is 30.1. The monoisotopic (exact) mass is 288 g/mol. The Hall–Kier alpha value is -1.88. The molecule has 2 aliphatic heterocycles. The summed E-state index contributed by atoms with van der Waals surface area (Å²) in [7, 11) is 0. The minimum atomic E-state index is -0.554. The first-order valence-electron chi connectivity index (χ1n) is 7.43. The SMILES string of the molecule is CC1NC(=O)C(c2ccccc2)N(C2CCCOC2)C1=O. The zero-order chi connectivity index (χ0) is 14.8. The molecule has 21 heavy (non-hydrogen) atoms. The Bertz CT molecular complexity index is 526. The highest BCUT2D eigenvalue weighted by molar-refractivity contribution is 5.97. The molecule has 2 heterocycles. The Labute approximate surface area is 124 Å². The average Bonchev–Trinajstić information content (AvgIpc) is 2.52. The third-order valence-electron chi connectivity index (χ3n) is 4.16. The molecule has 3 atom stereocenters. The van der Waals surface area contributed by atoms with Gasteiger partial charge in [-0.1, -0.05) is 30.3 Å². The molecule has 0 spiro atoms. The zero-order valence-electron chi connectivity index (χ0n) is 12.1. The Morgan fingerprint density at radius 1 is 1.24 bits per heavy atom. The first kappa shape index (κ1) is 14.1. The fourth-order valence-electron chi connectivity index (χ4n) is 3.11. The molecular weight excluding hydrogens is 268 g/mol. The van der Waals surface area contributed by atoms with Gasteiger partial charge in [-0.2, -0.15) is 0 Å². The summed E-state index contributed by atoms with van der Waals surface area (Å²) in [4.78, 5) is 26.8. The lowest BCUT2D eigenvalue weighted by Crippen LogP contribution is -2.62. The van der Waals surface area contributed by atoms with E-state index in [1.54, 1.807) is 11.8 Å². The molecule has 1 aromatic rings. The van der Waals surface area contributed by atoms with E-state index in [0.29, 0.717) is 6.61 Å². The molecule has 5 nitrogen and oxygen atoms in total. The van der Waals surface area contributed by atoms with Crippen molar-refractivity contribution in [2.75, 3.05) is 13.2 Å². The first-order valence-corrected chi connectivity index (χ1v) is 7.43. The van der Waals surface area contributed by atoms with Crippen LogP contribution in [0, 0.1) is 0 Å². The van der Waals surface area contributed by atoms with Gasteiger partial charge >= 0.3 is 0 Å². The van der Waals surface area contributed by atoms with E-state index < -0.39 is 12.1 Å². The highest BCUT2D eigenvalue weighted by Crippen LogP contribution is 2.30. The van der Waals surface area contributed by atoms with Crippen molar-refractivity contribution in [2.45, 2.75) is 37.9 Å². The van der Waals surface area contributed by atoms with Crippen LogP contribution in [0.1, 0.15) is 31.4 Å². The van der Waals surface area contributed by atoms with Gasteiger partial charge in [0.1, 0.15) is 12.1 Å². The topological polar surface area (TPSA) is 58.6 Å². The number of benzene rings is 1. The maximum Gasteiger partial charge on any atom is 0.248 e. The summed E-state index contributed by atoms with van der Waals surface area (Å²) in [5.74, 6) is -0.141. The van der Waals surface area contributed by atoms with E-state index in [4.69, 9.17) is 4.74 Å². The average molecular weight is 288 g/mol. The summed E-state index contributed by atoms with van der Waals surface area (Å²) in [5.41, 5.74) is 0.848. The van der Waals surface area contributed by atoms with Crippen LogP contribution in [0.15, 0.2) is 30.3 Å². The minimum absolute atomic E-state index is 0.0232. The van der Waals surface area contributed by atoms with Crippen molar-refractivity contribution in [2.24, 2.45) is 0 Å². The van der Waals surface area contributed by atoms with Crippen molar-refractivity contribution in [3.05, 3.63) is 35.9 Å². The molecule has 5 heteroatoms. The van der Waals surface area contributed by atoms with E-state index in [9.17, 15) is 9.59 Å². The third-order valence-corrected chi connectivity index (χ3v) is 4.16. The molecule has 2 aliphatic rings. The molecule has 112 valence electrons. The van der Waals surface area contributed by atoms with E-state index in [2.05, 4.69) is 5.32 Å². The van der Waals surface area contributed by atoms with Gasteiger partial charge in [0.15, 0.2) is 0 Å². The summed E-state index contributed by atoms with van der Waals surface area (Å²) in [6, 6.07) is 8.42. The van der Waals surface area contributed by atoms with Crippen LogP contribution in [0.4, 0.5) is 0 Å². The lowest BCUT2D eigenvalue weighted by molar-refractivity contribution is -0.155.